The molecule has 2 aromatic heterocycles. The highest BCUT2D eigenvalue weighted by atomic mass is 32.1. The maximum absolute atomic E-state index is 5.23. The molecule has 0 aliphatic heterocycles. The second-order valence-corrected chi connectivity index (χ2v) is 16.2. The first kappa shape index (κ1) is 33.6. The fraction of sp³-hybridized carbons (Fsp3) is 0. The number of nitrogens with zero attached hydrogens (tertiary/aromatic N) is 3. The van der Waals surface area contributed by atoms with Crippen molar-refractivity contribution >= 4 is 74.6 Å². The molecule has 0 saturated heterocycles. The first-order valence-electron chi connectivity index (χ1n) is 19.9. The Hall–Kier alpha value is -7.53. The summed E-state index contributed by atoms with van der Waals surface area (Å²) in [5.41, 5.74) is 7.59. The highest BCUT2D eigenvalue weighted by Crippen LogP contribution is 2.41. The molecule has 59 heavy (non-hydrogen) atoms. The molecule has 0 saturated carbocycles. The third-order valence-electron chi connectivity index (χ3n) is 11.7. The van der Waals surface area contributed by atoms with E-state index in [2.05, 4.69) is 200 Å². The van der Waals surface area contributed by atoms with E-state index in [0.717, 1.165) is 27.8 Å². The van der Waals surface area contributed by atoms with E-state index < -0.39 is 0 Å². The van der Waals surface area contributed by atoms with Crippen molar-refractivity contribution < 1.29 is 0 Å². The first-order valence-corrected chi connectivity index (χ1v) is 20.7. The topological polar surface area (TPSA) is 38.7 Å². The molecule has 10 aromatic carbocycles. The van der Waals surface area contributed by atoms with Crippen LogP contribution in [0.15, 0.2) is 200 Å². The number of aromatic nitrogens is 3. The molecule has 12 rings (SSSR count). The summed E-state index contributed by atoms with van der Waals surface area (Å²) in [6.07, 6.45) is 0. The van der Waals surface area contributed by atoms with Crippen LogP contribution in [0.25, 0.3) is 120 Å². The second kappa shape index (κ2) is 13.6. The van der Waals surface area contributed by atoms with Crippen molar-refractivity contribution in [2.24, 2.45) is 0 Å². The molecule has 0 radical (unpaired) electrons. The number of benzene rings is 10. The molecular weight excluding hydrogens is 735 g/mol. The molecule has 4 heteroatoms. The molecule has 0 atom stereocenters. The van der Waals surface area contributed by atoms with Gasteiger partial charge in [-0.2, -0.15) is 0 Å². The fourth-order valence-electron chi connectivity index (χ4n) is 8.86. The average Bonchev–Trinajstić information content (AvgIpc) is 3.70. The summed E-state index contributed by atoms with van der Waals surface area (Å²) >= 11 is 1.79. The van der Waals surface area contributed by atoms with Crippen LogP contribution < -0.4 is 0 Å². The Bertz CT molecular complexity index is 3420. The summed E-state index contributed by atoms with van der Waals surface area (Å²) in [4.78, 5) is 15.6. The smallest absolute Gasteiger partial charge is 0.165 e. The minimum Gasteiger partial charge on any atom is -0.208 e. The van der Waals surface area contributed by atoms with Gasteiger partial charge in [-0.1, -0.05) is 176 Å². The Morgan fingerprint density at radius 3 is 1.22 bits per heavy atom. The van der Waals surface area contributed by atoms with Gasteiger partial charge in [0.25, 0.3) is 0 Å². The third-order valence-corrected chi connectivity index (χ3v) is 12.9. The zero-order valence-electron chi connectivity index (χ0n) is 31.8. The molecule has 0 spiro atoms. The van der Waals surface area contributed by atoms with Crippen molar-refractivity contribution in [3.63, 3.8) is 0 Å². The van der Waals surface area contributed by atoms with E-state index in [-0.39, 0.29) is 0 Å². The summed E-state index contributed by atoms with van der Waals surface area (Å²) in [6.45, 7) is 0. The Kier molecular flexibility index (Phi) is 7.72. The third kappa shape index (κ3) is 5.60. The average molecular weight is 768 g/mol. The molecule has 0 fully saturated rings. The molecule has 274 valence electrons. The van der Waals surface area contributed by atoms with Crippen molar-refractivity contribution in [1.29, 1.82) is 0 Å². The molecule has 0 amide bonds. The van der Waals surface area contributed by atoms with Crippen molar-refractivity contribution in [2.45, 2.75) is 0 Å². The molecule has 12 aromatic rings. The van der Waals surface area contributed by atoms with Crippen molar-refractivity contribution in [1.82, 2.24) is 15.0 Å². The Labute approximate surface area is 344 Å². The summed E-state index contributed by atoms with van der Waals surface area (Å²) in [6, 6.07) is 71.7. The van der Waals surface area contributed by atoms with Crippen LogP contribution in [0.2, 0.25) is 0 Å². The van der Waals surface area contributed by atoms with E-state index in [0.29, 0.717) is 17.5 Å². The Morgan fingerprint density at radius 2 is 0.678 bits per heavy atom. The van der Waals surface area contributed by atoms with Crippen LogP contribution in [0.3, 0.4) is 0 Å². The Balaban J connectivity index is 1.00. The lowest BCUT2D eigenvalue weighted by atomic mass is 9.93. The van der Waals surface area contributed by atoms with Crippen molar-refractivity contribution in [3.8, 4) is 56.4 Å². The van der Waals surface area contributed by atoms with Crippen LogP contribution in [0.1, 0.15) is 0 Å². The van der Waals surface area contributed by atoms with Gasteiger partial charge in [0.1, 0.15) is 0 Å². The van der Waals surface area contributed by atoms with Gasteiger partial charge in [-0.15, -0.1) is 11.3 Å². The van der Waals surface area contributed by atoms with E-state index >= 15 is 0 Å². The molecule has 0 N–H and O–H groups in total. The quantitative estimate of drug-likeness (QED) is 0.164. The number of thiophene rings is 1. The normalized spacial score (nSPS) is 11.7. The van der Waals surface area contributed by atoms with Gasteiger partial charge in [0.15, 0.2) is 17.5 Å². The molecule has 0 aliphatic rings. The summed E-state index contributed by atoms with van der Waals surface area (Å²) < 4.78 is 2.42. The van der Waals surface area contributed by atoms with E-state index in [4.69, 9.17) is 15.0 Å². The van der Waals surface area contributed by atoms with Crippen LogP contribution >= 0.6 is 11.3 Å². The lowest BCUT2D eigenvalue weighted by Crippen LogP contribution is -2.00. The molecule has 0 bridgehead atoms. The van der Waals surface area contributed by atoms with Crippen LogP contribution in [0, 0.1) is 0 Å². The summed E-state index contributed by atoms with van der Waals surface area (Å²) in [5.74, 6) is 1.95. The van der Waals surface area contributed by atoms with E-state index in [9.17, 15) is 0 Å². The van der Waals surface area contributed by atoms with E-state index in [1.54, 1.807) is 11.3 Å². The largest absolute Gasteiger partial charge is 0.208 e. The molecule has 3 nitrogen and oxygen atoms in total. The number of hydrogen-bond donors (Lipinski definition) is 0. The van der Waals surface area contributed by atoms with Crippen LogP contribution in [-0.4, -0.2) is 15.0 Å². The van der Waals surface area contributed by atoms with Crippen LogP contribution in [0.5, 0.6) is 0 Å². The maximum atomic E-state index is 5.23. The van der Waals surface area contributed by atoms with Gasteiger partial charge in [-0.3, -0.25) is 0 Å². The fourth-order valence-corrected chi connectivity index (χ4v) is 10.1. The molecule has 0 aliphatic carbocycles. The SMILES string of the molecule is c1ccc2c(c1)cc(-c1ccc(-c3nc(-c4ccc(-c5cc6ccccc6c6ccccc56)cc4)nc(-c4cccc5c4sc4ccccc45)n3)cc1)c1ccccc12. The molecule has 2 heterocycles. The standard InChI is InChI=1S/C55H33N3S/c1-3-14-40-38(12-1)32-49(44-18-7-5-16-42(40)44)34-24-28-36(29-25-34)53-56-54(58-55(57-53)48-22-11-21-47-46-20-9-10-23-51(46)59-52(47)48)37-30-26-35(27-31-37)50-33-39-13-2-4-15-41(39)43-17-6-8-19-45(43)50/h1-33H. The van der Waals surface area contributed by atoms with E-state index in [1.807, 2.05) is 0 Å². The van der Waals surface area contributed by atoms with Crippen molar-refractivity contribution in [3.05, 3.63) is 200 Å². The number of rotatable bonds is 5. The highest BCUT2D eigenvalue weighted by molar-refractivity contribution is 7.26. The van der Waals surface area contributed by atoms with Gasteiger partial charge in [0.2, 0.25) is 0 Å². The summed E-state index contributed by atoms with van der Waals surface area (Å²) in [7, 11) is 0. The number of fused-ring (bicyclic) bond motifs is 9. The first-order chi connectivity index (χ1) is 29.2. The highest BCUT2D eigenvalue weighted by Gasteiger charge is 2.18. The maximum Gasteiger partial charge on any atom is 0.165 e. The predicted octanol–water partition coefficient (Wildman–Crippen LogP) is 15.2. The lowest BCUT2D eigenvalue weighted by molar-refractivity contribution is 1.08. The monoisotopic (exact) mass is 767 g/mol. The number of hydrogen-bond acceptors (Lipinski definition) is 4. The predicted molar refractivity (Wildman–Crippen MR) is 250 cm³/mol. The minimum absolute atomic E-state index is 0.641. The van der Waals surface area contributed by atoms with Crippen molar-refractivity contribution in [2.75, 3.05) is 0 Å². The van der Waals surface area contributed by atoms with Crippen LogP contribution in [0.4, 0.5) is 0 Å². The summed E-state index contributed by atoms with van der Waals surface area (Å²) in [5, 5.41) is 12.4. The van der Waals surface area contributed by atoms with Gasteiger partial charge >= 0.3 is 0 Å². The Morgan fingerprint density at radius 1 is 0.271 bits per heavy atom. The van der Waals surface area contributed by atoms with Gasteiger partial charge in [-0.05, 0) is 89.6 Å². The van der Waals surface area contributed by atoms with E-state index in [1.165, 1.54) is 74.4 Å². The zero-order valence-corrected chi connectivity index (χ0v) is 32.6. The molecule has 0 unspecified atom stereocenters. The second-order valence-electron chi connectivity index (χ2n) is 15.1. The van der Waals surface area contributed by atoms with Gasteiger partial charge in [0, 0.05) is 36.9 Å². The van der Waals surface area contributed by atoms with Gasteiger partial charge in [0.05, 0.1) is 0 Å². The van der Waals surface area contributed by atoms with Crippen LogP contribution in [-0.2, 0) is 0 Å². The van der Waals surface area contributed by atoms with Gasteiger partial charge in [-0.25, -0.2) is 15.0 Å². The van der Waals surface area contributed by atoms with Gasteiger partial charge < -0.3 is 0 Å². The molecular formula is C55H33N3S. The lowest BCUT2D eigenvalue weighted by Gasteiger charge is -2.13. The minimum atomic E-state index is 0.641. The zero-order chi connectivity index (χ0) is 38.9.